The molecule has 0 amide bonds. The summed E-state index contributed by atoms with van der Waals surface area (Å²) in [6, 6.07) is 17.5. The average Bonchev–Trinajstić information content (AvgIpc) is 2.54. The monoisotopic (exact) mass is 345 g/mol. The molecule has 0 spiro atoms. The summed E-state index contributed by atoms with van der Waals surface area (Å²) in [5, 5.41) is 3.08. The van der Waals surface area contributed by atoms with Gasteiger partial charge in [0.1, 0.15) is 0 Å². The van der Waals surface area contributed by atoms with Crippen molar-refractivity contribution in [2.75, 3.05) is 12.8 Å². The molecule has 2 aromatic rings. The zero-order chi connectivity index (χ0) is 17.4. The van der Waals surface area contributed by atoms with Crippen LogP contribution in [0.2, 0.25) is 0 Å². The van der Waals surface area contributed by atoms with Gasteiger partial charge in [-0.15, -0.1) is 0 Å². The highest BCUT2D eigenvalue weighted by atomic mass is 32.2. The normalized spacial score (nSPS) is 12.1. The maximum absolute atomic E-state index is 11.5. The van der Waals surface area contributed by atoms with Crippen LogP contribution in [0.3, 0.4) is 0 Å². The smallest absolute Gasteiger partial charge is 0.188 e. The Morgan fingerprint density at radius 1 is 1.04 bits per heavy atom. The van der Waals surface area contributed by atoms with Gasteiger partial charge in [0, 0.05) is 12.8 Å². The summed E-state index contributed by atoms with van der Waals surface area (Å²) in [5.74, 6) is 0.375. The van der Waals surface area contributed by atoms with Crippen molar-refractivity contribution in [2.45, 2.75) is 18.7 Å². The van der Waals surface area contributed by atoms with Crippen LogP contribution in [0.15, 0.2) is 59.6 Å². The molecule has 6 heteroatoms. The van der Waals surface area contributed by atoms with Gasteiger partial charge in [0.2, 0.25) is 0 Å². The lowest BCUT2D eigenvalue weighted by Gasteiger charge is -2.08. The molecule has 0 aliphatic heterocycles. The summed E-state index contributed by atoms with van der Waals surface area (Å²) >= 11 is 0. The lowest BCUT2D eigenvalue weighted by Crippen LogP contribution is -2.33. The van der Waals surface area contributed by atoms with Gasteiger partial charge in [0.25, 0.3) is 0 Å². The number of sulfone groups is 1. The molecule has 0 saturated heterocycles. The number of hydrogen-bond donors (Lipinski definition) is 2. The van der Waals surface area contributed by atoms with Crippen LogP contribution in [0, 0.1) is 0 Å². The van der Waals surface area contributed by atoms with Crippen molar-refractivity contribution in [1.82, 2.24) is 5.32 Å². The minimum absolute atomic E-state index is 0.0139. The Labute approximate surface area is 143 Å². The molecule has 2 aromatic carbocycles. The van der Waals surface area contributed by atoms with Crippen LogP contribution in [-0.2, 0) is 28.6 Å². The van der Waals surface area contributed by atoms with E-state index in [-0.39, 0.29) is 5.75 Å². The Kier molecular flexibility index (Phi) is 6.37. The largest absolute Gasteiger partial charge is 0.370 e. The second-order valence-corrected chi connectivity index (χ2v) is 7.84. The van der Waals surface area contributed by atoms with Gasteiger partial charge in [0.05, 0.1) is 12.3 Å². The number of guanidine groups is 1. The Morgan fingerprint density at radius 2 is 1.67 bits per heavy atom. The second-order valence-electron chi connectivity index (χ2n) is 5.70. The van der Waals surface area contributed by atoms with Crippen LogP contribution >= 0.6 is 0 Å². The molecule has 24 heavy (non-hydrogen) atoms. The zero-order valence-electron chi connectivity index (χ0n) is 13.8. The highest BCUT2D eigenvalue weighted by molar-refractivity contribution is 7.89. The molecular formula is C18H23N3O2S. The van der Waals surface area contributed by atoms with Gasteiger partial charge in [-0.1, -0.05) is 54.6 Å². The maximum atomic E-state index is 11.5. The first-order valence-corrected chi connectivity index (χ1v) is 9.82. The van der Waals surface area contributed by atoms with E-state index in [2.05, 4.69) is 22.4 Å². The summed E-state index contributed by atoms with van der Waals surface area (Å²) < 4.78 is 23.0. The van der Waals surface area contributed by atoms with Crippen molar-refractivity contribution >= 4 is 15.8 Å². The number of rotatable bonds is 7. The summed E-state index contributed by atoms with van der Waals surface area (Å²) in [6.45, 7) is 1.06. The Bertz CT molecular complexity index is 787. The molecule has 0 heterocycles. The molecule has 0 aliphatic rings. The predicted molar refractivity (Wildman–Crippen MR) is 98.5 cm³/mol. The van der Waals surface area contributed by atoms with E-state index in [1.54, 1.807) is 0 Å². The molecule has 0 atom stereocenters. The number of nitrogens with zero attached hydrogens (tertiary/aromatic N) is 1. The average molecular weight is 345 g/mol. The van der Waals surface area contributed by atoms with Gasteiger partial charge in [0.15, 0.2) is 15.8 Å². The lowest BCUT2D eigenvalue weighted by molar-refractivity contribution is 0.601. The van der Waals surface area contributed by atoms with Gasteiger partial charge >= 0.3 is 0 Å². The van der Waals surface area contributed by atoms with E-state index in [1.165, 1.54) is 11.8 Å². The Hall–Kier alpha value is -2.34. The molecule has 5 nitrogen and oxygen atoms in total. The molecule has 0 aromatic heterocycles. The van der Waals surface area contributed by atoms with E-state index in [4.69, 9.17) is 5.73 Å². The molecule has 0 unspecified atom stereocenters. The first-order chi connectivity index (χ1) is 11.4. The van der Waals surface area contributed by atoms with E-state index in [1.807, 2.05) is 42.5 Å². The fourth-order valence-corrected chi connectivity index (χ4v) is 3.19. The molecule has 2 rings (SSSR count). The molecule has 0 aliphatic carbocycles. The van der Waals surface area contributed by atoms with E-state index in [9.17, 15) is 8.42 Å². The van der Waals surface area contributed by atoms with Crippen molar-refractivity contribution < 1.29 is 8.42 Å². The minimum Gasteiger partial charge on any atom is -0.370 e. The topological polar surface area (TPSA) is 84.5 Å². The fourth-order valence-electron chi connectivity index (χ4n) is 2.34. The first-order valence-electron chi connectivity index (χ1n) is 7.76. The van der Waals surface area contributed by atoms with E-state index < -0.39 is 9.84 Å². The number of aliphatic imine (C=N–C) groups is 1. The van der Waals surface area contributed by atoms with Crippen molar-refractivity contribution in [3.8, 4) is 0 Å². The Balaban J connectivity index is 1.90. The van der Waals surface area contributed by atoms with Crippen LogP contribution in [0.5, 0.6) is 0 Å². The molecule has 0 bridgehead atoms. The second kappa shape index (κ2) is 8.49. The van der Waals surface area contributed by atoms with Crippen molar-refractivity contribution in [3.63, 3.8) is 0 Å². The molecule has 0 radical (unpaired) electrons. The van der Waals surface area contributed by atoms with E-state index in [0.717, 1.165) is 17.5 Å². The standard InChI is InChI=1S/C18H23N3O2S/c1-24(22,23)14-17-10-6-5-9-16(17)13-21-18(19)20-12-11-15-7-3-2-4-8-15/h2-10H,11-14H2,1H3,(H3,19,20,21). The number of nitrogens with one attached hydrogen (secondary N) is 1. The number of hydrogen-bond acceptors (Lipinski definition) is 3. The Morgan fingerprint density at radius 3 is 2.33 bits per heavy atom. The SMILES string of the molecule is CS(=O)(=O)Cc1ccccc1CN=C(N)NCCc1ccccc1. The summed E-state index contributed by atoms with van der Waals surface area (Å²) in [4.78, 5) is 4.30. The fraction of sp³-hybridized carbons (Fsp3) is 0.278. The molecular weight excluding hydrogens is 322 g/mol. The summed E-state index contributed by atoms with van der Waals surface area (Å²) in [7, 11) is -3.08. The van der Waals surface area contributed by atoms with Crippen LogP contribution in [0.4, 0.5) is 0 Å². The van der Waals surface area contributed by atoms with Gasteiger partial charge in [-0.2, -0.15) is 0 Å². The number of benzene rings is 2. The van der Waals surface area contributed by atoms with Crippen LogP contribution in [0.1, 0.15) is 16.7 Å². The van der Waals surface area contributed by atoms with Crippen molar-refractivity contribution in [3.05, 3.63) is 71.3 Å². The van der Waals surface area contributed by atoms with E-state index in [0.29, 0.717) is 19.0 Å². The van der Waals surface area contributed by atoms with Gasteiger partial charge in [-0.3, -0.25) is 0 Å². The third kappa shape index (κ3) is 6.42. The highest BCUT2D eigenvalue weighted by Crippen LogP contribution is 2.13. The van der Waals surface area contributed by atoms with Crippen LogP contribution < -0.4 is 11.1 Å². The predicted octanol–water partition coefficient (Wildman–Crippen LogP) is 1.88. The quantitative estimate of drug-likeness (QED) is 0.593. The maximum Gasteiger partial charge on any atom is 0.188 e. The summed E-state index contributed by atoms with van der Waals surface area (Å²) in [6.07, 6.45) is 2.09. The molecule has 0 saturated carbocycles. The molecule has 128 valence electrons. The minimum atomic E-state index is -3.08. The number of nitrogens with two attached hydrogens (primary N) is 1. The lowest BCUT2D eigenvalue weighted by atomic mass is 10.1. The van der Waals surface area contributed by atoms with E-state index >= 15 is 0 Å². The van der Waals surface area contributed by atoms with Crippen LogP contribution in [-0.4, -0.2) is 27.2 Å². The first kappa shape index (κ1) is 18.0. The van der Waals surface area contributed by atoms with Gasteiger partial charge in [-0.25, -0.2) is 13.4 Å². The zero-order valence-corrected chi connectivity index (χ0v) is 14.6. The third-order valence-corrected chi connectivity index (χ3v) is 4.35. The third-order valence-electron chi connectivity index (χ3n) is 3.52. The van der Waals surface area contributed by atoms with Crippen LogP contribution in [0.25, 0.3) is 0 Å². The highest BCUT2D eigenvalue weighted by Gasteiger charge is 2.08. The van der Waals surface area contributed by atoms with Gasteiger partial charge < -0.3 is 11.1 Å². The molecule has 3 N–H and O–H groups in total. The molecule has 0 fully saturated rings. The van der Waals surface area contributed by atoms with Crippen molar-refractivity contribution in [1.29, 1.82) is 0 Å². The summed E-state index contributed by atoms with van der Waals surface area (Å²) in [5.41, 5.74) is 8.75. The van der Waals surface area contributed by atoms with Gasteiger partial charge in [-0.05, 0) is 23.1 Å². The van der Waals surface area contributed by atoms with Crippen molar-refractivity contribution in [2.24, 2.45) is 10.7 Å².